The van der Waals surface area contributed by atoms with E-state index in [0.717, 1.165) is 28.5 Å². The molecule has 0 radical (unpaired) electrons. The van der Waals surface area contributed by atoms with Crippen LogP contribution in [-0.4, -0.2) is 10.5 Å². The number of halogens is 2. The highest BCUT2D eigenvalue weighted by Crippen LogP contribution is 2.48. The molecule has 1 heterocycles. The summed E-state index contributed by atoms with van der Waals surface area (Å²) in [6.07, 6.45) is 5.40. The topological polar surface area (TPSA) is 51.9 Å². The van der Waals surface area contributed by atoms with Crippen LogP contribution in [0.4, 0.5) is 8.78 Å². The summed E-state index contributed by atoms with van der Waals surface area (Å²) in [6, 6.07) is 19.4. The predicted molar refractivity (Wildman–Crippen MR) is 110 cm³/mol. The second kappa shape index (κ2) is 8.01. The number of primary amides is 1. The number of hydrogen-bond acceptors (Lipinski definition) is 1. The molecular weight excluding hydrogens is 384 g/mol. The molecule has 0 unspecified atom stereocenters. The third kappa shape index (κ3) is 3.20. The van der Waals surface area contributed by atoms with Crippen molar-refractivity contribution in [1.29, 1.82) is 0 Å². The first-order valence-electron chi connectivity index (χ1n) is 10.2. The third-order valence-corrected chi connectivity index (χ3v) is 6.60. The van der Waals surface area contributed by atoms with Gasteiger partial charge in [-0.05, 0) is 36.3 Å². The van der Waals surface area contributed by atoms with E-state index in [2.05, 4.69) is 0 Å². The number of rotatable bonds is 6. The maximum Gasteiger partial charge on any atom is 0.387 e. The van der Waals surface area contributed by atoms with Crippen LogP contribution >= 0.6 is 0 Å². The van der Waals surface area contributed by atoms with E-state index in [1.807, 2.05) is 65.2 Å². The van der Waals surface area contributed by atoms with Crippen molar-refractivity contribution < 1.29 is 18.1 Å². The van der Waals surface area contributed by atoms with Crippen LogP contribution in [0.3, 0.4) is 0 Å². The monoisotopic (exact) mass is 410 g/mol. The fourth-order valence-electron chi connectivity index (χ4n) is 5.21. The van der Waals surface area contributed by atoms with E-state index in [-0.39, 0.29) is 17.9 Å². The fourth-order valence-corrected chi connectivity index (χ4v) is 5.21. The summed E-state index contributed by atoms with van der Waals surface area (Å²) in [7, 11) is 0. The molecule has 30 heavy (non-hydrogen) atoms. The number of carbonyl (C=O) groups excluding carboxylic acids is 1. The van der Waals surface area contributed by atoms with Crippen molar-refractivity contribution in [3.05, 3.63) is 90.0 Å². The highest BCUT2D eigenvalue weighted by atomic mass is 19.3. The van der Waals surface area contributed by atoms with Gasteiger partial charge in [0.25, 0.3) is 5.82 Å². The van der Waals surface area contributed by atoms with E-state index in [0.29, 0.717) is 12.2 Å². The van der Waals surface area contributed by atoms with Crippen molar-refractivity contribution in [3.8, 4) is 0 Å². The minimum Gasteiger partial charge on any atom is -0.369 e. The minimum absolute atomic E-state index is 0.0356. The highest BCUT2D eigenvalue weighted by Gasteiger charge is 2.51. The van der Waals surface area contributed by atoms with Gasteiger partial charge in [0.1, 0.15) is 23.9 Å². The number of nitrogens with zero attached hydrogens (tertiary/aromatic N) is 2. The largest absolute Gasteiger partial charge is 0.387 e. The first kappa shape index (κ1) is 20.3. The molecule has 4 nitrogen and oxygen atoms in total. The van der Waals surface area contributed by atoms with E-state index < -0.39 is 12.0 Å². The Hall–Kier alpha value is -3.02. The molecule has 1 aliphatic rings. The van der Waals surface area contributed by atoms with E-state index in [4.69, 9.17) is 5.73 Å². The molecule has 0 aliphatic heterocycles. The molecule has 1 amide bonds. The lowest BCUT2D eigenvalue weighted by Crippen LogP contribution is -2.48. The Balaban J connectivity index is 1.77. The second-order valence-electron chi connectivity index (χ2n) is 8.01. The Labute approximate surface area is 175 Å². The number of amides is 1. The van der Waals surface area contributed by atoms with Gasteiger partial charge in [0.15, 0.2) is 0 Å². The fraction of sp³-hybridized carbons (Fsp3) is 0.333. The summed E-state index contributed by atoms with van der Waals surface area (Å²) in [4.78, 5) is 13.1. The third-order valence-electron chi connectivity index (χ3n) is 6.60. The standard InChI is InChI=1S/C24H25F2N3O/c1-17-28(14-15-29(17)23(25)26)21-13-12-20(16-21)24(22(27)30,18-8-4-2-5-9-18)19-10-6-3-7-11-19/h2-11,14-15,20-21,23H,12-13,16H2,1H3,(H-,27,30)/p+1/t20-,21+/m0/s1. The zero-order chi connectivity index (χ0) is 21.3. The number of alkyl halides is 2. The van der Waals surface area contributed by atoms with Crippen LogP contribution in [0.2, 0.25) is 0 Å². The lowest BCUT2D eigenvalue weighted by molar-refractivity contribution is -0.727. The highest BCUT2D eigenvalue weighted by molar-refractivity contribution is 5.91. The number of imidazole rings is 1. The number of carbonyl (C=O) groups is 1. The van der Waals surface area contributed by atoms with Crippen LogP contribution in [0.15, 0.2) is 73.1 Å². The van der Waals surface area contributed by atoms with Gasteiger partial charge < -0.3 is 5.73 Å². The number of benzene rings is 2. The molecule has 0 bridgehead atoms. The molecule has 2 aromatic carbocycles. The molecular formula is C24H26F2N3O+. The number of nitrogens with two attached hydrogens (primary N) is 1. The van der Waals surface area contributed by atoms with Gasteiger partial charge in [-0.2, -0.15) is 13.3 Å². The summed E-state index contributed by atoms with van der Waals surface area (Å²) in [6.45, 7) is -0.864. The Morgan fingerprint density at radius 3 is 2.10 bits per heavy atom. The van der Waals surface area contributed by atoms with Gasteiger partial charge in [-0.25, -0.2) is 4.57 Å². The Morgan fingerprint density at radius 2 is 1.63 bits per heavy atom. The molecule has 6 heteroatoms. The summed E-state index contributed by atoms with van der Waals surface area (Å²) >= 11 is 0. The van der Waals surface area contributed by atoms with Crippen molar-refractivity contribution >= 4 is 5.91 Å². The SMILES string of the molecule is Cc1n(C(F)F)cc[n+]1[C@@H]1CC[C@H](C(C(N)=O)(c2ccccc2)c2ccccc2)C1. The normalized spacial score (nSPS) is 19.3. The maximum atomic E-state index is 13.2. The second-order valence-corrected chi connectivity index (χ2v) is 8.01. The lowest BCUT2D eigenvalue weighted by atomic mass is 9.64. The molecule has 4 rings (SSSR count). The molecule has 0 spiro atoms. The molecule has 1 saturated carbocycles. The Bertz CT molecular complexity index is 978. The average Bonchev–Trinajstić information content (AvgIpc) is 3.37. The molecule has 3 aromatic rings. The summed E-state index contributed by atoms with van der Waals surface area (Å²) < 4.78 is 29.3. The van der Waals surface area contributed by atoms with Crippen molar-refractivity contribution in [2.24, 2.45) is 11.7 Å². The van der Waals surface area contributed by atoms with Crippen LogP contribution in [0.5, 0.6) is 0 Å². The van der Waals surface area contributed by atoms with Gasteiger partial charge in [-0.3, -0.25) is 4.79 Å². The van der Waals surface area contributed by atoms with Crippen LogP contribution < -0.4 is 10.3 Å². The summed E-state index contributed by atoms with van der Waals surface area (Å²) in [5, 5.41) is 0. The van der Waals surface area contributed by atoms with Gasteiger partial charge in [-0.1, -0.05) is 60.7 Å². The summed E-state index contributed by atoms with van der Waals surface area (Å²) in [5.74, 6) is 0.101. The van der Waals surface area contributed by atoms with Crippen molar-refractivity contribution in [1.82, 2.24) is 4.57 Å². The van der Waals surface area contributed by atoms with E-state index >= 15 is 0 Å². The first-order chi connectivity index (χ1) is 14.5. The van der Waals surface area contributed by atoms with E-state index in [1.165, 1.54) is 6.20 Å². The summed E-state index contributed by atoms with van der Waals surface area (Å²) in [5.41, 5.74) is 6.92. The maximum absolute atomic E-state index is 13.2. The smallest absolute Gasteiger partial charge is 0.369 e. The Morgan fingerprint density at radius 1 is 1.07 bits per heavy atom. The molecule has 2 atom stereocenters. The molecule has 1 fully saturated rings. The molecule has 1 aliphatic carbocycles. The molecule has 1 aromatic heterocycles. The average molecular weight is 410 g/mol. The van der Waals surface area contributed by atoms with Crippen molar-refractivity contribution in [2.45, 2.75) is 44.2 Å². The van der Waals surface area contributed by atoms with Gasteiger partial charge >= 0.3 is 6.55 Å². The van der Waals surface area contributed by atoms with E-state index in [1.54, 1.807) is 13.1 Å². The zero-order valence-corrected chi connectivity index (χ0v) is 16.9. The minimum atomic E-state index is -2.57. The van der Waals surface area contributed by atoms with Gasteiger partial charge in [0.05, 0.1) is 0 Å². The number of aromatic nitrogens is 2. The van der Waals surface area contributed by atoms with Gasteiger partial charge in [-0.15, -0.1) is 0 Å². The molecule has 2 N–H and O–H groups in total. The van der Waals surface area contributed by atoms with Gasteiger partial charge in [0, 0.05) is 6.92 Å². The zero-order valence-electron chi connectivity index (χ0n) is 16.9. The van der Waals surface area contributed by atoms with Crippen molar-refractivity contribution in [2.75, 3.05) is 0 Å². The van der Waals surface area contributed by atoms with Gasteiger partial charge in [0.2, 0.25) is 5.91 Å². The number of hydrogen-bond donors (Lipinski definition) is 1. The van der Waals surface area contributed by atoms with Crippen molar-refractivity contribution in [3.63, 3.8) is 0 Å². The lowest BCUT2D eigenvalue weighted by Gasteiger charge is -2.37. The van der Waals surface area contributed by atoms with Crippen LogP contribution in [0.1, 0.15) is 48.8 Å². The predicted octanol–water partition coefficient (Wildman–Crippen LogP) is 4.29. The van der Waals surface area contributed by atoms with E-state index in [9.17, 15) is 13.6 Å². The van der Waals surface area contributed by atoms with Crippen LogP contribution in [0, 0.1) is 12.8 Å². The Kier molecular flexibility index (Phi) is 5.41. The quantitative estimate of drug-likeness (QED) is 0.606. The molecule has 156 valence electrons. The first-order valence-corrected chi connectivity index (χ1v) is 10.2. The van der Waals surface area contributed by atoms with Crippen LogP contribution in [0.25, 0.3) is 0 Å². The van der Waals surface area contributed by atoms with Crippen LogP contribution in [-0.2, 0) is 10.2 Å². The molecule has 0 saturated heterocycles.